The molecule has 84 valence electrons. The number of hydrogen-bond acceptors (Lipinski definition) is 2. The maximum Gasteiger partial charge on any atom is 0.330 e. The van der Waals surface area contributed by atoms with Gasteiger partial charge in [-0.3, -0.25) is 4.57 Å². The second-order valence-corrected chi connectivity index (χ2v) is 4.96. The topological polar surface area (TPSA) is 66.8 Å². The monoisotopic (exact) mass is 230 g/mol. The summed E-state index contributed by atoms with van der Waals surface area (Å²) in [5.74, 6) is 0.586. The summed E-state index contributed by atoms with van der Waals surface area (Å²) in [5, 5.41) is 0. The van der Waals surface area contributed by atoms with Crippen molar-refractivity contribution in [1.82, 2.24) is 0 Å². The van der Waals surface area contributed by atoms with Crippen LogP contribution in [-0.4, -0.2) is 16.4 Å². The summed E-state index contributed by atoms with van der Waals surface area (Å²) in [4.78, 5) is 17.8. The number of para-hydroxylation sites is 1. The van der Waals surface area contributed by atoms with Crippen molar-refractivity contribution in [2.45, 2.75) is 20.0 Å². The van der Waals surface area contributed by atoms with Crippen molar-refractivity contribution in [3.05, 3.63) is 29.3 Å². The molecule has 0 aliphatic carbocycles. The van der Waals surface area contributed by atoms with Crippen molar-refractivity contribution in [1.29, 1.82) is 0 Å². The standard InChI is InChI=1S/C10H15O4P/c1-3-14-10-8(2)5-4-6-9(10)7-15(11,12)13/h4-6H,3,7H2,1-2H3,(H2,11,12,13). The van der Waals surface area contributed by atoms with Crippen LogP contribution in [0.15, 0.2) is 18.2 Å². The Morgan fingerprint density at radius 3 is 2.60 bits per heavy atom. The molecule has 0 saturated heterocycles. The Labute approximate surface area is 89.1 Å². The zero-order chi connectivity index (χ0) is 11.5. The predicted molar refractivity (Wildman–Crippen MR) is 58.1 cm³/mol. The maximum atomic E-state index is 10.9. The van der Waals surface area contributed by atoms with Gasteiger partial charge in [0.05, 0.1) is 12.8 Å². The Morgan fingerprint density at radius 2 is 2.07 bits per heavy atom. The lowest BCUT2D eigenvalue weighted by Crippen LogP contribution is -1.99. The Bertz CT molecular complexity index is 383. The molecule has 0 unspecified atom stereocenters. The molecule has 0 atom stereocenters. The van der Waals surface area contributed by atoms with Crippen LogP contribution in [0.4, 0.5) is 0 Å². The van der Waals surface area contributed by atoms with Crippen molar-refractivity contribution in [2.75, 3.05) is 6.61 Å². The molecular weight excluding hydrogens is 215 g/mol. The molecule has 1 aromatic carbocycles. The van der Waals surface area contributed by atoms with Crippen molar-refractivity contribution in [3.63, 3.8) is 0 Å². The Kier molecular flexibility index (Phi) is 3.91. The van der Waals surface area contributed by atoms with E-state index < -0.39 is 7.60 Å². The SMILES string of the molecule is CCOc1c(C)cccc1CP(=O)(O)O. The highest BCUT2D eigenvalue weighted by Crippen LogP contribution is 2.42. The van der Waals surface area contributed by atoms with E-state index in [0.29, 0.717) is 17.9 Å². The van der Waals surface area contributed by atoms with Crippen molar-refractivity contribution in [3.8, 4) is 5.75 Å². The molecule has 0 radical (unpaired) electrons. The van der Waals surface area contributed by atoms with E-state index in [1.165, 1.54) is 0 Å². The molecule has 0 saturated carbocycles. The van der Waals surface area contributed by atoms with Crippen LogP contribution in [0.5, 0.6) is 5.75 Å². The first-order valence-electron chi connectivity index (χ1n) is 4.70. The molecule has 0 aliphatic rings. The van der Waals surface area contributed by atoms with Gasteiger partial charge in [-0.05, 0) is 19.4 Å². The van der Waals surface area contributed by atoms with E-state index in [1.807, 2.05) is 19.9 Å². The lowest BCUT2D eigenvalue weighted by molar-refractivity contribution is 0.332. The normalized spacial score (nSPS) is 11.5. The molecule has 4 nitrogen and oxygen atoms in total. The maximum absolute atomic E-state index is 10.9. The predicted octanol–water partition coefficient (Wildman–Crippen LogP) is 2.07. The van der Waals surface area contributed by atoms with Crippen LogP contribution in [-0.2, 0) is 10.7 Å². The summed E-state index contributed by atoms with van der Waals surface area (Å²) in [5.41, 5.74) is 1.45. The van der Waals surface area contributed by atoms with E-state index in [-0.39, 0.29) is 6.16 Å². The summed E-state index contributed by atoms with van der Waals surface area (Å²) in [6, 6.07) is 5.30. The summed E-state index contributed by atoms with van der Waals surface area (Å²) in [6.07, 6.45) is -0.274. The van der Waals surface area contributed by atoms with Gasteiger partial charge in [0.15, 0.2) is 0 Å². The molecule has 1 rings (SSSR count). The summed E-state index contributed by atoms with van der Waals surface area (Å²) in [7, 11) is -4.04. The van der Waals surface area contributed by atoms with Crippen LogP contribution in [0.1, 0.15) is 18.1 Å². The van der Waals surface area contributed by atoms with Gasteiger partial charge >= 0.3 is 7.60 Å². The van der Waals surface area contributed by atoms with Crippen molar-refractivity contribution >= 4 is 7.60 Å². The van der Waals surface area contributed by atoms with Gasteiger partial charge in [0.25, 0.3) is 0 Å². The number of ether oxygens (including phenoxy) is 1. The zero-order valence-electron chi connectivity index (χ0n) is 8.80. The van der Waals surface area contributed by atoms with Gasteiger partial charge in [0.1, 0.15) is 5.75 Å². The van der Waals surface area contributed by atoms with E-state index in [4.69, 9.17) is 14.5 Å². The minimum Gasteiger partial charge on any atom is -0.493 e. The molecule has 0 aliphatic heterocycles. The number of benzene rings is 1. The van der Waals surface area contributed by atoms with Gasteiger partial charge in [0, 0.05) is 5.56 Å². The highest BCUT2D eigenvalue weighted by Gasteiger charge is 2.18. The molecule has 0 amide bonds. The van der Waals surface area contributed by atoms with Gasteiger partial charge in [-0.25, -0.2) is 0 Å². The fourth-order valence-electron chi connectivity index (χ4n) is 1.41. The van der Waals surface area contributed by atoms with Crippen molar-refractivity contribution in [2.24, 2.45) is 0 Å². The van der Waals surface area contributed by atoms with Gasteiger partial charge in [0.2, 0.25) is 0 Å². The van der Waals surface area contributed by atoms with E-state index in [9.17, 15) is 4.57 Å². The third-order valence-electron chi connectivity index (χ3n) is 1.96. The minimum atomic E-state index is -4.04. The largest absolute Gasteiger partial charge is 0.493 e. The van der Waals surface area contributed by atoms with Crippen LogP contribution in [0.25, 0.3) is 0 Å². The lowest BCUT2D eigenvalue weighted by atomic mass is 10.1. The van der Waals surface area contributed by atoms with Crippen LogP contribution < -0.4 is 4.74 Å². The van der Waals surface area contributed by atoms with Gasteiger partial charge < -0.3 is 14.5 Å². The minimum absolute atomic E-state index is 0.274. The fraction of sp³-hybridized carbons (Fsp3) is 0.400. The molecule has 0 aromatic heterocycles. The summed E-state index contributed by atoms with van der Waals surface area (Å²) >= 11 is 0. The van der Waals surface area contributed by atoms with Crippen LogP contribution in [0.2, 0.25) is 0 Å². The molecule has 0 heterocycles. The van der Waals surface area contributed by atoms with Crippen LogP contribution >= 0.6 is 7.60 Å². The molecule has 0 fully saturated rings. The Balaban J connectivity index is 3.05. The first kappa shape index (κ1) is 12.2. The van der Waals surface area contributed by atoms with Gasteiger partial charge in [-0.15, -0.1) is 0 Å². The first-order chi connectivity index (χ1) is 6.94. The van der Waals surface area contributed by atoms with Crippen LogP contribution in [0, 0.1) is 6.92 Å². The number of hydrogen-bond donors (Lipinski definition) is 2. The zero-order valence-corrected chi connectivity index (χ0v) is 9.70. The highest BCUT2D eigenvalue weighted by atomic mass is 31.2. The Hall–Kier alpha value is -0.830. The second-order valence-electron chi connectivity index (χ2n) is 3.32. The first-order valence-corrected chi connectivity index (χ1v) is 6.49. The van der Waals surface area contributed by atoms with Gasteiger partial charge in [-0.2, -0.15) is 0 Å². The quantitative estimate of drug-likeness (QED) is 0.777. The van der Waals surface area contributed by atoms with E-state index >= 15 is 0 Å². The summed E-state index contributed by atoms with van der Waals surface area (Å²) < 4.78 is 16.3. The molecule has 1 aromatic rings. The number of aryl methyl sites for hydroxylation is 1. The summed E-state index contributed by atoms with van der Waals surface area (Å²) in [6.45, 7) is 4.18. The third-order valence-corrected chi connectivity index (χ3v) is 2.71. The molecule has 15 heavy (non-hydrogen) atoms. The smallest absolute Gasteiger partial charge is 0.330 e. The van der Waals surface area contributed by atoms with Crippen molar-refractivity contribution < 1.29 is 19.1 Å². The third kappa shape index (κ3) is 3.67. The molecule has 2 N–H and O–H groups in total. The number of rotatable bonds is 4. The molecule has 5 heteroatoms. The van der Waals surface area contributed by atoms with Crippen LogP contribution in [0.3, 0.4) is 0 Å². The van der Waals surface area contributed by atoms with E-state index in [1.54, 1.807) is 12.1 Å². The molecular formula is C10H15O4P. The van der Waals surface area contributed by atoms with E-state index in [2.05, 4.69) is 0 Å². The fourth-order valence-corrected chi connectivity index (χ4v) is 2.10. The highest BCUT2D eigenvalue weighted by molar-refractivity contribution is 7.50. The lowest BCUT2D eigenvalue weighted by Gasteiger charge is -2.13. The molecule has 0 bridgehead atoms. The second kappa shape index (κ2) is 4.79. The molecule has 0 spiro atoms. The Morgan fingerprint density at radius 1 is 1.40 bits per heavy atom. The van der Waals surface area contributed by atoms with Gasteiger partial charge in [-0.1, -0.05) is 18.2 Å². The van der Waals surface area contributed by atoms with E-state index in [0.717, 1.165) is 5.56 Å². The average Bonchev–Trinajstić information content (AvgIpc) is 2.08. The average molecular weight is 230 g/mol.